The molecule has 0 aliphatic heterocycles. The number of carbonyl (C=O) groups is 1. The Kier molecular flexibility index (Phi) is 4.34. The minimum Gasteiger partial charge on any atom is -0.487 e. The van der Waals surface area contributed by atoms with Gasteiger partial charge in [-0.2, -0.15) is 0 Å². The van der Waals surface area contributed by atoms with E-state index in [0.717, 1.165) is 5.75 Å². The highest BCUT2D eigenvalue weighted by Crippen LogP contribution is 2.12. The molecule has 1 unspecified atom stereocenters. The van der Waals surface area contributed by atoms with Crippen LogP contribution in [0.1, 0.15) is 18.7 Å². The molecule has 1 aromatic heterocycles. The van der Waals surface area contributed by atoms with Crippen LogP contribution >= 0.6 is 0 Å². The highest BCUT2D eigenvalue weighted by atomic mass is 16.5. The van der Waals surface area contributed by atoms with E-state index in [-0.39, 0.29) is 11.9 Å². The van der Waals surface area contributed by atoms with E-state index >= 15 is 0 Å². The summed E-state index contributed by atoms with van der Waals surface area (Å²) in [5, 5.41) is 7.98. The number of benzene rings is 1. The van der Waals surface area contributed by atoms with Crippen LogP contribution in [-0.4, -0.2) is 39.9 Å². The van der Waals surface area contributed by atoms with Gasteiger partial charge in [0.05, 0.1) is 6.20 Å². The number of nitrogens with zero attached hydrogens (tertiary/aromatic N) is 4. The number of ether oxygens (including phenoxy) is 1. The third kappa shape index (κ3) is 3.34. The first kappa shape index (κ1) is 14.0. The molecule has 0 aliphatic carbocycles. The molecule has 2 rings (SSSR count). The first-order valence-electron chi connectivity index (χ1n) is 6.37. The minimum absolute atomic E-state index is 0.0228. The molecule has 0 fully saturated rings. The van der Waals surface area contributed by atoms with E-state index in [1.54, 1.807) is 31.9 Å². The molecule has 6 heteroatoms. The summed E-state index contributed by atoms with van der Waals surface area (Å²) in [6.07, 6.45) is 1.73. The van der Waals surface area contributed by atoms with Crippen LogP contribution in [0.3, 0.4) is 0 Å². The van der Waals surface area contributed by atoms with Gasteiger partial charge in [0.15, 0.2) is 0 Å². The zero-order valence-electron chi connectivity index (χ0n) is 11.9. The first-order valence-corrected chi connectivity index (χ1v) is 6.37. The number of hydrogen-bond donors (Lipinski definition) is 0. The molecule has 0 N–H and O–H groups in total. The molecule has 0 bridgehead atoms. The Labute approximate surface area is 118 Å². The van der Waals surface area contributed by atoms with Gasteiger partial charge in [0.1, 0.15) is 24.1 Å². The topological polar surface area (TPSA) is 60.2 Å². The van der Waals surface area contributed by atoms with Crippen molar-refractivity contribution in [3.8, 4) is 5.75 Å². The van der Waals surface area contributed by atoms with Gasteiger partial charge >= 0.3 is 0 Å². The van der Waals surface area contributed by atoms with Gasteiger partial charge in [0.25, 0.3) is 0 Å². The second kappa shape index (κ2) is 6.18. The SMILES string of the molecule is CC(C(=O)N(C)C)n1cc(COc2ccccc2)nn1. The lowest BCUT2D eigenvalue weighted by atomic mass is 10.3. The van der Waals surface area contributed by atoms with Crippen molar-refractivity contribution < 1.29 is 9.53 Å². The number of hydrogen-bond acceptors (Lipinski definition) is 4. The van der Waals surface area contributed by atoms with Crippen molar-refractivity contribution in [2.24, 2.45) is 0 Å². The monoisotopic (exact) mass is 274 g/mol. The van der Waals surface area contributed by atoms with Gasteiger partial charge in [-0.3, -0.25) is 4.79 Å². The van der Waals surface area contributed by atoms with Crippen molar-refractivity contribution in [3.05, 3.63) is 42.2 Å². The van der Waals surface area contributed by atoms with Crippen molar-refractivity contribution in [1.29, 1.82) is 0 Å². The molecule has 1 amide bonds. The molecule has 20 heavy (non-hydrogen) atoms. The fourth-order valence-electron chi connectivity index (χ4n) is 1.73. The molecule has 0 aliphatic rings. The van der Waals surface area contributed by atoms with E-state index in [1.165, 1.54) is 4.90 Å². The molecule has 1 atom stereocenters. The standard InChI is InChI=1S/C14H18N4O2/c1-11(14(19)17(2)3)18-9-12(15-16-18)10-20-13-7-5-4-6-8-13/h4-9,11H,10H2,1-3H3. The van der Waals surface area contributed by atoms with Crippen LogP contribution in [0.5, 0.6) is 5.75 Å². The quantitative estimate of drug-likeness (QED) is 0.829. The van der Waals surface area contributed by atoms with Crippen LogP contribution in [0, 0.1) is 0 Å². The molecule has 0 saturated carbocycles. The van der Waals surface area contributed by atoms with Gasteiger partial charge in [-0.15, -0.1) is 5.10 Å². The van der Waals surface area contributed by atoms with Crippen LogP contribution in [0.25, 0.3) is 0 Å². The zero-order chi connectivity index (χ0) is 14.5. The Morgan fingerprint density at radius 1 is 1.35 bits per heavy atom. The zero-order valence-corrected chi connectivity index (χ0v) is 11.9. The lowest BCUT2D eigenvalue weighted by Crippen LogP contribution is -2.30. The van der Waals surface area contributed by atoms with E-state index in [2.05, 4.69) is 10.3 Å². The maximum atomic E-state index is 11.8. The fourth-order valence-corrected chi connectivity index (χ4v) is 1.73. The second-order valence-corrected chi connectivity index (χ2v) is 4.70. The first-order chi connectivity index (χ1) is 9.58. The van der Waals surface area contributed by atoms with E-state index in [0.29, 0.717) is 12.3 Å². The summed E-state index contributed by atoms with van der Waals surface area (Å²) in [6.45, 7) is 2.12. The number of carbonyl (C=O) groups excluding carboxylic acids is 1. The maximum Gasteiger partial charge on any atom is 0.246 e. The van der Waals surface area contributed by atoms with Gasteiger partial charge in [-0.05, 0) is 19.1 Å². The van der Waals surface area contributed by atoms with Crippen molar-refractivity contribution in [2.75, 3.05) is 14.1 Å². The van der Waals surface area contributed by atoms with Gasteiger partial charge in [0.2, 0.25) is 5.91 Å². The lowest BCUT2D eigenvalue weighted by Gasteiger charge is -2.16. The summed E-state index contributed by atoms with van der Waals surface area (Å²) in [5.74, 6) is 0.755. The lowest BCUT2D eigenvalue weighted by molar-refractivity contribution is -0.132. The molecule has 6 nitrogen and oxygen atoms in total. The highest BCUT2D eigenvalue weighted by molar-refractivity contribution is 5.79. The largest absolute Gasteiger partial charge is 0.487 e. The summed E-state index contributed by atoms with van der Waals surface area (Å²) in [6, 6.07) is 9.12. The smallest absolute Gasteiger partial charge is 0.246 e. The van der Waals surface area contributed by atoms with Gasteiger partial charge in [-0.25, -0.2) is 4.68 Å². The van der Waals surface area contributed by atoms with Crippen molar-refractivity contribution >= 4 is 5.91 Å². The van der Waals surface area contributed by atoms with Crippen molar-refractivity contribution in [3.63, 3.8) is 0 Å². The third-order valence-corrected chi connectivity index (χ3v) is 2.88. The predicted octanol–water partition coefficient (Wildman–Crippen LogP) is 1.51. The third-order valence-electron chi connectivity index (χ3n) is 2.88. The average molecular weight is 274 g/mol. The number of likely N-dealkylation sites (N-methyl/N-ethyl adjacent to an activating group) is 1. The normalized spacial score (nSPS) is 11.9. The van der Waals surface area contributed by atoms with Crippen LogP contribution in [-0.2, 0) is 11.4 Å². The molecule has 0 saturated heterocycles. The molecule has 2 aromatic rings. The highest BCUT2D eigenvalue weighted by Gasteiger charge is 2.18. The molecule has 0 radical (unpaired) electrons. The van der Waals surface area contributed by atoms with Crippen LogP contribution in [0.4, 0.5) is 0 Å². The van der Waals surface area contributed by atoms with E-state index in [9.17, 15) is 4.79 Å². The number of para-hydroxylation sites is 1. The Morgan fingerprint density at radius 3 is 2.70 bits per heavy atom. The Bertz CT molecular complexity index is 566. The molecular weight excluding hydrogens is 256 g/mol. The second-order valence-electron chi connectivity index (χ2n) is 4.70. The minimum atomic E-state index is -0.372. The van der Waals surface area contributed by atoms with E-state index in [1.807, 2.05) is 30.3 Å². The predicted molar refractivity (Wildman–Crippen MR) is 74.2 cm³/mol. The summed E-state index contributed by atoms with van der Waals surface area (Å²) in [4.78, 5) is 13.4. The van der Waals surface area contributed by atoms with Gasteiger partial charge < -0.3 is 9.64 Å². The molecule has 1 heterocycles. The maximum absolute atomic E-state index is 11.8. The van der Waals surface area contributed by atoms with Crippen LogP contribution in [0.15, 0.2) is 36.5 Å². The number of amides is 1. The summed E-state index contributed by atoms with van der Waals surface area (Å²) in [7, 11) is 3.43. The number of rotatable bonds is 5. The molecular formula is C14H18N4O2. The fraction of sp³-hybridized carbons (Fsp3) is 0.357. The molecule has 0 spiro atoms. The Balaban J connectivity index is 1.97. The van der Waals surface area contributed by atoms with E-state index < -0.39 is 0 Å². The molecule has 106 valence electrons. The number of aromatic nitrogens is 3. The summed E-state index contributed by atoms with van der Waals surface area (Å²) in [5.41, 5.74) is 0.687. The summed E-state index contributed by atoms with van der Waals surface area (Å²) < 4.78 is 7.13. The Morgan fingerprint density at radius 2 is 2.05 bits per heavy atom. The molecule has 1 aromatic carbocycles. The van der Waals surface area contributed by atoms with Crippen molar-refractivity contribution in [1.82, 2.24) is 19.9 Å². The van der Waals surface area contributed by atoms with Crippen molar-refractivity contribution in [2.45, 2.75) is 19.6 Å². The average Bonchev–Trinajstić information content (AvgIpc) is 2.93. The van der Waals surface area contributed by atoms with E-state index in [4.69, 9.17) is 4.74 Å². The van der Waals surface area contributed by atoms with Gasteiger partial charge in [-0.1, -0.05) is 23.4 Å². The van der Waals surface area contributed by atoms with Crippen LogP contribution in [0.2, 0.25) is 0 Å². The summed E-state index contributed by atoms with van der Waals surface area (Å²) >= 11 is 0. The van der Waals surface area contributed by atoms with Gasteiger partial charge in [0, 0.05) is 14.1 Å². The van der Waals surface area contributed by atoms with Crippen LogP contribution < -0.4 is 4.74 Å². The Hall–Kier alpha value is -2.37.